The molecule has 0 aliphatic carbocycles. The third-order valence-corrected chi connectivity index (χ3v) is 5.95. The lowest BCUT2D eigenvalue weighted by Gasteiger charge is -2.30. The molecule has 0 aliphatic rings. The smallest absolute Gasteiger partial charge is 0.322 e. The molecular weight excluding hydrogens is 428 g/mol. The first kappa shape index (κ1) is 23.0. The highest BCUT2D eigenvalue weighted by atomic mass is 16.5. The quantitative estimate of drug-likeness (QED) is 0.426. The van der Waals surface area contributed by atoms with Crippen LogP contribution >= 0.6 is 0 Å². The van der Waals surface area contributed by atoms with Crippen LogP contribution in [0.25, 0.3) is 16.6 Å². The molecule has 174 valence electrons. The van der Waals surface area contributed by atoms with Crippen molar-refractivity contribution in [2.75, 3.05) is 19.0 Å². The van der Waals surface area contributed by atoms with E-state index in [-0.39, 0.29) is 11.6 Å². The number of urea groups is 1. The average Bonchev–Trinajstić information content (AvgIpc) is 2.85. The molecule has 0 saturated heterocycles. The summed E-state index contributed by atoms with van der Waals surface area (Å²) in [5.74, 6) is 1.07. The Kier molecular flexibility index (Phi) is 6.63. The molecule has 0 aliphatic heterocycles. The van der Waals surface area contributed by atoms with Gasteiger partial charge in [-0.05, 0) is 56.7 Å². The third-order valence-electron chi connectivity index (χ3n) is 5.95. The fourth-order valence-corrected chi connectivity index (χ4v) is 4.14. The molecule has 1 N–H and O–H groups in total. The lowest BCUT2D eigenvalue weighted by Crippen LogP contribution is -2.39. The molecule has 34 heavy (non-hydrogen) atoms. The van der Waals surface area contributed by atoms with Gasteiger partial charge in [-0.1, -0.05) is 42.5 Å². The van der Waals surface area contributed by atoms with Crippen LogP contribution in [0, 0.1) is 6.92 Å². The van der Waals surface area contributed by atoms with Gasteiger partial charge in [-0.15, -0.1) is 0 Å². The number of fused-ring (bicyclic) bond motifs is 1. The molecule has 0 radical (unpaired) electrons. The zero-order chi connectivity index (χ0) is 24.2. The summed E-state index contributed by atoms with van der Waals surface area (Å²) in [6, 6.07) is 21.4. The second kappa shape index (κ2) is 9.79. The summed E-state index contributed by atoms with van der Waals surface area (Å²) in [4.78, 5) is 33.5. The predicted octanol–water partition coefficient (Wildman–Crippen LogP) is 5.32. The van der Waals surface area contributed by atoms with E-state index >= 15 is 0 Å². The van der Waals surface area contributed by atoms with Crippen LogP contribution < -0.4 is 15.6 Å². The summed E-state index contributed by atoms with van der Waals surface area (Å²) in [5.41, 5.74) is 2.69. The van der Waals surface area contributed by atoms with Crippen LogP contribution in [0.2, 0.25) is 0 Å². The molecule has 1 aromatic heterocycles. The van der Waals surface area contributed by atoms with Gasteiger partial charge in [-0.25, -0.2) is 9.78 Å². The molecule has 7 nitrogen and oxygen atoms in total. The van der Waals surface area contributed by atoms with Gasteiger partial charge >= 0.3 is 6.03 Å². The number of benzene rings is 3. The largest absolute Gasteiger partial charge is 0.495 e. The minimum Gasteiger partial charge on any atom is -0.495 e. The number of anilines is 1. The van der Waals surface area contributed by atoms with E-state index in [1.807, 2.05) is 75.4 Å². The fraction of sp³-hybridized carbons (Fsp3) is 0.222. The number of rotatable bonds is 6. The number of nitrogens with one attached hydrogen (secondary N) is 1. The lowest BCUT2D eigenvalue weighted by molar-refractivity contribution is 0.193. The van der Waals surface area contributed by atoms with E-state index in [2.05, 4.69) is 5.32 Å². The maximum absolute atomic E-state index is 13.6. The molecule has 1 unspecified atom stereocenters. The van der Waals surface area contributed by atoms with Crippen molar-refractivity contribution in [2.45, 2.75) is 26.8 Å². The van der Waals surface area contributed by atoms with E-state index < -0.39 is 6.04 Å². The topological polar surface area (TPSA) is 76.5 Å². The number of methoxy groups -OCH3 is 1. The summed E-state index contributed by atoms with van der Waals surface area (Å²) >= 11 is 0. The number of carbonyl (C=O) groups is 1. The molecule has 0 saturated carbocycles. The van der Waals surface area contributed by atoms with E-state index in [4.69, 9.17) is 9.72 Å². The number of aromatic nitrogens is 2. The van der Waals surface area contributed by atoms with Crippen molar-refractivity contribution in [3.63, 3.8) is 0 Å². The predicted molar refractivity (Wildman–Crippen MR) is 135 cm³/mol. The van der Waals surface area contributed by atoms with Gasteiger partial charge < -0.3 is 15.0 Å². The van der Waals surface area contributed by atoms with Crippen LogP contribution in [0.15, 0.2) is 77.6 Å². The van der Waals surface area contributed by atoms with Gasteiger partial charge in [-0.2, -0.15) is 0 Å². The van der Waals surface area contributed by atoms with E-state index in [0.29, 0.717) is 34.7 Å². The van der Waals surface area contributed by atoms with E-state index in [9.17, 15) is 9.59 Å². The summed E-state index contributed by atoms with van der Waals surface area (Å²) in [5, 5.41) is 3.46. The molecule has 0 fully saturated rings. The highest BCUT2D eigenvalue weighted by Crippen LogP contribution is 2.27. The summed E-state index contributed by atoms with van der Waals surface area (Å²) in [7, 11) is 1.56. The number of carbonyl (C=O) groups excluding carboxylic acids is 1. The molecule has 1 atom stereocenters. The molecule has 0 spiro atoms. The Balaban J connectivity index is 1.83. The fourth-order valence-electron chi connectivity index (χ4n) is 4.14. The first-order valence-electron chi connectivity index (χ1n) is 11.2. The Bertz CT molecular complexity index is 1400. The van der Waals surface area contributed by atoms with Crippen molar-refractivity contribution in [3.8, 4) is 11.4 Å². The van der Waals surface area contributed by atoms with Gasteiger partial charge in [0.25, 0.3) is 5.56 Å². The number of ether oxygens (including phenoxy) is 1. The molecule has 2 amide bonds. The van der Waals surface area contributed by atoms with Crippen molar-refractivity contribution in [2.24, 2.45) is 0 Å². The Labute approximate surface area is 198 Å². The monoisotopic (exact) mass is 456 g/mol. The molecule has 0 bridgehead atoms. The van der Waals surface area contributed by atoms with Gasteiger partial charge in [-0.3, -0.25) is 9.36 Å². The minimum absolute atomic E-state index is 0.164. The summed E-state index contributed by atoms with van der Waals surface area (Å²) in [6.45, 7) is 6.15. The first-order chi connectivity index (χ1) is 16.5. The van der Waals surface area contributed by atoms with Crippen LogP contribution in [0.1, 0.15) is 31.3 Å². The molecule has 4 rings (SSSR count). The highest BCUT2D eigenvalue weighted by molar-refractivity contribution is 5.91. The Morgan fingerprint density at radius 2 is 1.74 bits per heavy atom. The Morgan fingerprint density at radius 1 is 1.06 bits per heavy atom. The maximum atomic E-state index is 13.6. The number of para-hydroxylation sites is 4. The van der Waals surface area contributed by atoms with E-state index in [0.717, 1.165) is 11.3 Å². The SMILES string of the molecule is CCN(C(=O)Nc1ccccc1OC)C(C)c1nc2ccccc2c(=O)n1-c1ccccc1C. The molecule has 3 aromatic carbocycles. The van der Waals surface area contributed by atoms with Crippen molar-refractivity contribution in [1.82, 2.24) is 14.5 Å². The highest BCUT2D eigenvalue weighted by Gasteiger charge is 2.26. The van der Waals surface area contributed by atoms with Crippen LogP contribution in [0.5, 0.6) is 5.75 Å². The number of aryl methyl sites for hydroxylation is 1. The van der Waals surface area contributed by atoms with Gasteiger partial charge in [0.2, 0.25) is 0 Å². The minimum atomic E-state index is -0.489. The standard InChI is InChI=1S/C27H28N4O3/c1-5-30(27(33)29-22-15-9-11-17-24(22)34-4)19(3)25-28-21-14-8-7-13-20(21)26(32)31(25)23-16-10-6-12-18(23)2/h6-17,19H,5H2,1-4H3,(H,29,33). The summed E-state index contributed by atoms with van der Waals surface area (Å²) in [6.07, 6.45) is 0. The van der Waals surface area contributed by atoms with Crippen LogP contribution in [-0.4, -0.2) is 34.1 Å². The van der Waals surface area contributed by atoms with Crippen molar-refractivity contribution in [3.05, 3.63) is 94.5 Å². The van der Waals surface area contributed by atoms with Crippen LogP contribution in [0.3, 0.4) is 0 Å². The number of hydrogen-bond donors (Lipinski definition) is 1. The number of hydrogen-bond acceptors (Lipinski definition) is 4. The van der Waals surface area contributed by atoms with Crippen molar-refractivity contribution < 1.29 is 9.53 Å². The lowest BCUT2D eigenvalue weighted by atomic mass is 10.1. The second-order valence-electron chi connectivity index (χ2n) is 8.01. The Morgan fingerprint density at radius 3 is 2.47 bits per heavy atom. The van der Waals surface area contributed by atoms with Crippen molar-refractivity contribution in [1.29, 1.82) is 0 Å². The molecule has 7 heteroatoms. The third kappa shape index (κ3) is 4.24. The maximum Gasteiger partial charge on any atom is 0.322 e. The Hall–Kier alpha value is -4.13. The van der Waals surface area contributed by atoms with Crippen molar-refractivity contribution >= 4 is 22.6 Å². The second-order valence-corrected chi connectivity index (χ2v) is 8.01. The number of nitrogens with zero attached hydrogens (tertiary/aromatic N) is 3. The van der Waals surface area contributed by atoms with Crippen LogP contribution in [-0.2, 0) is 0 Å². The van der Waals surface area contributed by atoms with E-state index in [1.54, 1.807) is 34.8 Å². The summed E-state index contributed by atoms with van der Waals surface area (Å²) < 4.78 is 6.99. The number of amides is 2. The van der Waals surface area contributed by atoms with Gasteiger partial charge in [0.05, 0.1) is 35.4 Å². The first-order valence-corrected chi connectivity index (χ1v) is 11.2. The zero-order valence-electron chi connectivity index (χ0n) is 19.8. The molecule has 1 heterocycles. The van der Waals surface area contributed by atoms with E-state index in [1.165, 1.54) is 0 Å². The molecular formula is C27H28N4O3. The molecule has 4 aromatic rings. The van der Waals surface area contributed by atoms with Gasteiger partial charge in [0.15, 0.2) is 0 Å². The zero-order valence-corrected chi connectivity index (χ0v) is 19.8. The van der Waals surface area contributed by atoms with Gasteiger partial charge in [0.1, 0.15) is 11.6 Å². The van der Waals surface area contributed by atoms with Gasteiger partial charge in [0, 0.05) is 6.54 Å². The van der Waals surface area contributed by atoms with Crippen LogP contribution in [0.4, 0.5) is 10.5 Å². The normalized spacial score (nSPS) is 11.8. The average molecular weight is 457 g/mol.